The van der Waals surface area contributed by atoms with Crippen molar-refractivity contribution in [3.8, 4) is 0 Å². The number of hydrogen-bond donors (Lipinski definition) is 2. The van der Waals surface area contributed by atoms with Crippen LogP contribution < -0.4 is 5.32 Å². The van der Waals surface area contributed by atoms with Crippen molar-refractivity contribution >= 4 is 23.0 Å². The summed E-state index contributed by atoms with van der Waals surface area (Å²) in [5.41, 5.74) is -2.74. The minimum atomic E-state index is -4.81. The van der Waals surface area contributed by atoms with E-state index in [-0.39, 0.29) is 29.2 Å². The van der Waals surface area contributed by atoms with Crippen LogP contribution in [0.4, 0.5) is 23.2 Å². The number of carbonyl (C=O) groups is 2. The maximum Gasteiger partial charge on any atom is 0.418 e. The number of ether oxygens (including phenoxy) is 1. The molecule has 0 atom stereocenters. The standard InChI is InChI=1S/C25H24F4N2O4/c1-4-35-21-10-15(7-8-20(21)32)14-5-6-16(19(26)9-14)11-22(33)31-17-12-18(25(27,28)29)23(30-13-17)24(2,3)34/h5-7,9-10,12-13,34H,4,8,11H2,1-3H3,(H,31,33). The zero-order valence-electron chi connectivity index (χ0n) is 19.3. The third-order valence-electron chi connectivity index (χ3n) is 5.16. The third kappa shape index (κ3) is 6.33. The number of Topliss-reactive ketones (excluding diaryl/α,β-unsaturated/α-hetero) is 1. The number of hydrogen-bond acceptors (Lipinski definition) is 5. The van der Waals surface area contributed by atoms with Crippen LogP contribution in [0.25, 0.3) is 5.57 Å². The summed E-state index contributed by atoms with van der Waals surface area (Å²) in [4.78, 5) is 27.9. The predicted molar refractivity (Wildman–Crippen MR) is 121 cm³/mol. The normalized spacial score (nSPS) is 14.3. The molecule has 1 heterocycles. The molecule has 186 valence electrons. The quantitative estimate of drug-likeness (QED) is 0.536. The topological polar surface area (TPSA) is 88.5 Å². The minimum absolute atomic E-state index is 0.0323. The van der Waals surface area contributed by atoms with Gasteiger partial charge in [-0.15, -0.1) is 0 Å². The Labute approximate surface area is 199 Å². The van der Waals surface area contributed by atoms with Crippen molar-refractivity contribution in [1.29, 1.82) is 0 Å². The SMILES string of the molecule is CCOC1=CC(c2ccc(CC(=O)Nc3cnc(C(C)(C)O)c(C(F)(F)F)c3)c(F)c2)=CCC1=O. The first-order valence-corrected chi connectivity index (χ1v) is 10.8. The molecule has 0 saturated heterocycles. The van der Waals surface area contributed by atoms with Crippen molar-refractivity contribution in [1.82, 2.24) is 4.98 Å². The van der Waals surface area contributed by atoms with Gasteiger partial charge in [0.2, 0.25) is 11.7 Å². The number of anilines is 1. The molecule has 0 aliphatic heterocycles. The van der Waals surface area contributed by atoms with Crippen LogP contribution in [0.15, 0.2) is 48.4 Å². The van der Waals surface area contributed by atoms with Gasteiger partial charge in [-0.1, -0.05) is 18.2 Å². The average molecular weight is 492 g/mol. The van der Waals surface area contributed by atoms with E-state index in [9.17, 15) is 32.3 Å². The average Bonchev–Trinajstić information content (AvgIpc) is 2.75. The van der Waals surface area contributed by atoms with Crippen LogP contribution in [-0.2, 0) is 32.5 Å². The Kier molecular flexibility index (Phi) is 7.44. The fourth-order valence-corrected chi connectivity index (χ4v) is 3.55. The van der Waals surface area contributed by atoms with Gasteiger partial charge in [-0.2, -0.15) is 13.2 Å². The number of ketones is 1. The number of aliphatic hydroxyl groups is 1. The lowest BCUT2D eigenvalue weighted by atomic mass is 9.96. The molecule has 1 aliphatic carbocycles. The van der Waals surface area contributed by atoms with Crippen molar-refractivity contribution in [2.75, 3.05) is 11.9 Å². The number of alkyl halides is 3. The fraction of sp³-hybridized carbons (Fsp3) is 0.320. The maximum atomic E-state index is 14.7. The molecule has 0 spiro atoms. The minimum Gasteiger partial charge on any atom is -0.490 e. The monoisotopic (exact) mass is 492 g/mol. The van der Waals surface area contributed by atoms with Crippen LogP contribution >= 0.6 is 0 Å². The second kappa shape index (κ2) is 9.99. The second-order valence-electron chi connectivity index (χ2n) is 8.44. The summed E-state index contributed by atoms with van der Waals surface area (Å²) >= 11 is 0. The molecule has 10 heteroatoms. The number of pyridine rings is 1. The van der Waals surface area contributed by atoms with Gasteiger partial charge in [0.25, 0.3) is 0 Å². The van der Waals surface area contributed by atoms with E-state index in [0.717, 1.165) is 6.20 Å². The van der Waals surface area contributed by atoms with E-state index in [1.54, 1.807) is 19.1 Å². The summed E-state index contributed by atoms with van der Waals surface area (Å²) in [7, 11) is 0. The lowest BCUT2D eigenvalue weighted by Gasteiger charge is -2.22. The summed E-state index contributed by atoms with van der Waals surface area (Å²) in [5.74, 6) is -1.42. The highest BCUT2D eigenvalue weighted by molar-refractivity contribution is 6.01. The molecule has 1 amide bonds. The van der Waals surface area contributed by atoms with Crippen LogP contribution in [-0.4, -0.2) is 28.4 Å². The van der Waals surface area contributed by atoms with Crippen molar-refractivity contribution in [2.24, 2.45) is 0 Å². The van der Waals surface area contributed by atoms with Crippen LogP contribution in [0, 0.1) is 5.82 Å². The molecule has 1 aliphatic rings. The molecular formula is C25H24F4N2O4. The van der Waals surface area contributed by atoms with Gasteiger partial charge in [0.05, 0.1) is 36.2 Å². The van der Waals surface area contributed by atoms with Crippen LogP contribution in [0.2, 0.25) is 0 Å². The number of aromatic nitrogens is 1. The van der Waals surface area contributed by atoms with Gasteiger partial charge in [0.1, 0.15) is 11.4 Å². The molecule has 0 saturated carbocycles. The summed E-state index contributed by atoms with van der Waals surface area (Å²) in [6.45, 7) is 4.40. The lowest BCUT2D eigenvalue weighted by Crippen LogP contribution is -2.25. The molecule has 1 aromatic heterocycles. The van der Waals surface area contributed by atoms with Gasteiger partial charge in [0, 0.05) is 6.42 Å². The summed E-state index contributed by atoms with van der Waals surface area (Å²) in [5, 5.41) is 12.3. The Morgan fingerprint density at radius 2 is 1.94 bits per heavy atom. The Bertz CT molecular complexity index is 1210. The predicted octanol–water partition coefficient (Wildman–Crippen LogP) is 4.92. The Hall–Kier alpha value is -3.53. The molecular weight excluding hydrogens is 468 g/mol. The zero-order chi connectivity index (χ0) is 26.0. The van der Waals surface area contributed by atoms with Crippen molar-refractivity contribution in [3.63, 3.8) is 0 Å². The van der Waals surface area contributed by atoms with Crippen molar-refractivity contribution in [3.05, 3.63) is 76.6 Å². The number of allylic oxidation sites excluding steroid dienone is 4. The smallest absolute Gasteiger partial charge is 0.418 e. The fourth-order valence-electron chi connectivity index (χ4n) is 3.55. The van der Waals surface area contributed by atoms with Crippen molar-refractivity contribution in [2.45, 2.75) is 45.4 Å². The summed E-state index contributed by atoms with van der Waals surface area (Å²) in [6.07, 6.45) is -0.946. The second-order valence-corrected chi connectivity index (χ2v) is 8.44. The third-order valence-corrected chi connectivity index (χ3v) is 5.16. The molecule has 0 radical (unpaired) electrons. The maximum absolute atomic E-state index is 14.7. The molecule has 2 N–H and O–H groups in total. The van der Waals surface area contributed by atoms with E-state index in [1.807, 2.05) is 0 Å². The molecule has 0 bridgehead atoms. The van der Waals surface area contributed by atoms with Gasteiger partial charge in [-0.05, 0) is 55.7 Å². The van der Waals surface area contributed by atoms with Gasteiger partial charge in [0.15, 0.2) is 5.76 Å². The number of carbonyl (C=O) groups excluding carboxylic acids is 2. The first kappa shape index (κ1) is 26.1. The number of benzene rings is 1. The van der Waals surface area contributed by atoms with Gasteiger partial charge in [-0.3, -0.25) is 14.6 Å². The molecule has 2 aromatic rings. The highest BCUT2D eigenvalue weighted by Crippen LogP contribution is 2.37. The van der Waals surface area contributed by atoms with Crippen LogP contribution in [0.3, 0.4) is 0 Å². The van der Waals surface area contributed by atoms with Gasteiger partial charge in [-0.25, -0.2) is 4.39 Å². The lowest BCUT2D eigenvalue weighted by molar-refractivity contribution is -0.140. The Morgan fingerprint density at radius 3 is 2.54 bits per heavy atom. The first-order valence-electron chi connectivity index (χ1n) is 10.8. The number of nitrogens with zero attached hydrogens (tertiary/aromatic N) is 1. The number of rotatable bonds is 7. The molecule has 35 heavy (non-hydrogen) atoms. The Balaban J connectivity index is 1.76. The Morgan fingerprint density at radius 1 is 1.23 bits per heavy atom. The highest BCUT2D eigenvalue weighted by Gasteiger charge is 2.38. The van der Waals surface area contributed by atoms with E-state index in [4.69, 9.17) is 4.74 Å². The largest absolute Gasteiger partial charge is 0.490 e. The molecule has 3 rings (SSSR count). The molecule has 6 nitrogen and oxygen atoms in total. The number of amides is 1. The van der Waals surface area contributed by atoms with Gasteiger partial charge < -0.3 is 15.2 Å². The zero-order valence-corrected chi connectivity index (χ0v) is 19.3. The van der Waals surface area contributed by atoms with E-state index in [1.165, 1.54) is 32.1 Å². The van der Waals surface area contributed by atoms with E-state index in [2.05, 4.69) is 10.3 Å². The molecule has 1 aromatic carbocycles. The number of halogens is 4. The van der Waals surface area contributed by atoms with Crippen LogP contribution in [0.1, 0.15) is 49.6 Å². The highest BCUT2D eigenvalue weighted by atomic mass is 19.4. The summed E-state index contributed by atoms with van der Waals surface area (Å²) < 4.78 is 60.3. The van der Waals surface area contributed by atoms with E-state index >= 15 is 0 Å². The summed E-state index contributed by atoms with van der Waals surface area (Å²) in [6, 6.07) is 4.86. The van der Waals surface area contributed by atoms with Gasteiger partial charge >= 0.3 is 6.18 Å². The molecule has 0 fully saturated rings. The first-order chi connectivity index (χ1) is 16.3. The number of nitrogens with one attached hydrogen (secondary N) is 1. The van der Waals surface area contributed by atoms with Crippen LogP contribution in [0.5, 0.6) is 0 Å². The molecule has 0 unspecified atom stereocenters. The van der Waals surface area contributed by atoms with E-state index in [0.29, 0.717) is 23.8 Å². The van der Waals surface area contributed by atoms with E-state index < -0.39 is 41.2 Å². The van der Waals surface area contributed by atoms with Crippen molar-refractivity contribution < 1.29 is 37.0 Å².